The van der Waals surface area contributed by atoms with Gasteiger partial charge in [0.1, 0.15) is 0 Å². The summed E-state index contributed by atoms with van der Waals surface area (Å²) in [5.74, 6) is -0.123. The zero-order valence-corrected chi connectivity index (χ0v) is 20.2. The highest BCUT2D eigenvalue weighted by Gasteiger charge is 2.26. The molecule has 4 rings (SSSR count). The lowest BCUT2D eigenvalue weighted by molar-refractivity contribution is -0.125. The zero-order valence-electron chi connectivity index (χ0n) is 19.4. The van der Waals surface area contributed by atoms with Crippen molar-refractivity contribution in [2.45, 2.75) is 11.4 Å². The summed E-state index contributed by atoms with van der Waals surface area (Å²) in [5.41, 5.74) is 2.98. The van der Waals surface area contributed by atoms with Gasteiger partial charge in [0.2, 0.25) is 15.9 Å². The number of carbonyl (C=O) groups excluding carboxylic acids is 1. The summed E-state index contributed by atoms with van der Waals surface area (Å²) >= 11 is 0. The Labute approximate surface area is 201 Å². The van der Waals surface area contributed by atoms with Gasteiger partial charge in [-0.2, -0.15) is 4.31 Å². The first-order valence-electron chi connectivity index (χ1n) is 11.5. The molecule has 2 heterocycles. The smallest absolute Gasteiger partial charge is 0.246 e. The molecule has 2 aromatic carbocycles. The maximum atomic E-state index is 12.8. The molecule has 182 valence electrons. The van der Waals surface area contributed by atoms with Crippen molar-refractivity contribution >= 4 is 27.7 Å². The minimum absolute atomic E-state index is 0.123. The number of anilines is 1. The minimum atomic E-state index is -3.53. The number of carbonyl (C=O) groups is 1. The van der Waals surface area contributed by atoms with E-state index in [-0.39, 0.29) is 10.8 Å². The van der Waals surface area contributed by atoms with Crippen LogP contribution in [0, 0.1) is 0 Å². The summed E-state index contributed by atoms with van der Waals surface area (Å²) in [6.45, 7) is 5.13. The number of rotatable bonds is 7. The fourth-order valence-electron chi connectivity index (χ4n) is 4.07. The third kappa shape index (κ3) is 5.85. The molecule has 9 heteroatoms. The summed E-state index contributed by atoms with van der Waals surface area (Å²) in [4.78, 5) is 16.9. The van der Waals surface area contributed by atoms with Crippen LogP contribution in [0.3, 0.4) is 0 Å². The number of hydrogen-bond donors (Lipinski definition) is 0. The Morgan fingerprint density at radius 1 is 0.941 bits per heavy atom. The SMILES string of the molecule is CN(Cc1ccccc1N1CCOCC1)C(=O)/C=C/c1ccc(S(=O)(=O)N2CCOCC2)cc1. The van der Waals surface area contributed by atoms with E-state index in [1.807, 2.05) is 18.2 Å². The van der Waals surface area contributed by atoms with E-state index in [1.54, 1.807) is 42.3 Å². The molecule has 2 aromatic rings. The molecule has 0 unspecified atom stereocenters. The highest BCUT2D eigenvalue weighted by atomic mass is 32.2. The number of likely N-dealkylation sites (N-methyl/N-ethyl adjacent to an activating group) is 1. The molecule has 0 radical (unpaired) electrons. The third-order valence-electron chi connectivity index (χ3n) is 6.03. The van der Waals surface area contributed by atoms with Crippen LogP contribution in [0.1, 0.15) is 11.1 Å². The number of nitrogens with zero attached hydrogens (tertiary/aromatic N) is 3. The molecule has 0 aliphatic carbocycles. The van der Waals surface area contributed by atoms with Gasteiger partial charge in [-0.1, -0.05) is 30.3 Å². The van der Waals surface area contributed by atoms with Crippen molar-refractivity contribution in [3.63, 3.8) is 0 Å². The predicted octanol–water partition coefficient (Wildman–Crippen LogP) is 2.22. The lowest BCUT2D eigenvalue weighted by Gasteiger charge is -2.31. The van der Waals surface area contributed by atoms with E-state index in [1.165, 1.54) is 10.4 Å². The second kappa shape index (κ2) is 11.1. The van der Waals surface area contributed by atoms with Crippen molar-refractivity contribution in [2.75, 3.05) is 64.6 Å². The molecule has 0 spiro atoms. The zero-order chi connectivity index (χ0) is 24.0. The molecule has 2 saturated heterocycles. The topological polar surface area (TPSA) is 79.4 Å². The predicted molar refractivity (Wildman–Crippen MR) is 131 cm³/mol. The van der Waals surface area contributed by atoms with Crippen LogP contribution in [0.15, 0.2) is 59.5 Å². The maximum absolute atomic E-state index is 12.8. The van der Waals surface area contributed by atoms with Crippen LogP contribution < -0.4 is 4.90 Å². The number of hydrogen-bond acceptors (Lipinski definition) is 6. The summed E-state index contributed by atoms with van der Waals surface area (Å²) in [5, 5.41) is 0. The first-order chi connectivity index (χ1) is 16.4. The van der Waals surface area contributed by atoms with E-state index in [9.17, 15) is 13.2 Å². The molecule has 0 saturated carbocycles. The van der Waals surface area contributed by atoms with Gasteiger partial charge in [0, 0.05) is 51.5 Å². The van der Waals surface area contributed by atoms with Crippen LogP contribution in [0.2, 0.25) is 0 Å². The number of amides is 1. The Morgan fingerprint density at radius 2 is 1.56 bits per heavy atom. The van der Waals surface area contributed by atoms with Crippen molar-refractivity contribution in [2.24, 2.45) is 0 Å². The molecule has 0 N–H and O–H groups in total. The van der Waals surface area contributed by atoms with E-state index in [0.29, 0.717) is 46.1 Å². The van der Waals surface area contributed by atoms with Crippen molar-refractivity contribution in [1.29, 1.82) is 0 Å². The van der Waals surface area contributed by atoms with E-state index >= 15 is 0 Å². The Hall–Kier alpha value is -2.72. The summed E-state index contributed by atoms with van der Waals surface area (Å²) in [6.07, 6.45) is 3.22. The lowest BCUT2D eigenvalue weighted by Crippen LogP contribution is -2.40. The van der Waals surface area contributed by atoms with Gasteiger partial charge in [-0.25, -0.2) is 8.42 Å². The number of para-hydroxylation sites is 1. The van der Waals surface area contributed by atoms with E-state index in [4.69, 9.17) is 9.47 Å². The quantitative estimate of drug-likeness (QED) is 0.560. The number of benzene rings is 2. The van der Waals surface area contributed by atoms with Crippen LogP contribution in [0.5, 0.6) is 0 Å². The number of ether oxygens (including phenoxy) is 2. The third-order valence-corrected chi connectivity index (χ3v) is 7.95. The Kier molecular flexibility index (Phi) is 7.99. The van der Waals surface area contributed by atoms with Gasteiger partial charge in [0.05, 0.1) is 31.3 Å². The van der Waals surface area contributed by atoms with Gasteiger partial charge in [-0.3, -0.25) is 4.79 Å². The van der Waals surface area contributed by atoms with Gasteiger partial charge in [0.25, 0.3) is 0 Å². The Morgan fingerprint density at radius 3 is 2.24 bits per heavy atom. The standard InChI is InChI=1S/C25H31N3O5S/c1-26(20-22-4-2-3-5-24(22)27-12-16-32-17-13-27)25(29)11-8-21-6-9-23(10-7-21)34(30,31)28-14-18-33-19-15-28/h2-11H,12-20H2,1H3/b11-8+. The van der Waals surface area contributed by atoms with E-state index < -0.39 is 10.0 Å². The number of morpholine rings is 2. The van der Waals surface area contributed by atoms with Crippen LogP contribution in [-0.4, -0.2) is 83.2 Å². The van der Waals surface area contributed by atoms with Gasteiger partial charge >= 0.3 is 0 Å². The van der Waals surface area contributed by atoms with Gasteiger partial charge in [0.15, 0.2) is 0 Å². The summed E-state index contributed by atoms with van der Waals surface area (Å²) in [7, 11) is -1.75. The second-order valence-corrected chi connectivity index (χ2v) is 10.3. The van der Waals surface area contributed by atoms with E-state index in [0.717, 1.165) is 29.9 Å². The molecule has 8 nitrogen and oxygen atoms in total. The first kappa shape index (κ1) is 24.4. The van der Waals surface area contributed by atoms with Crippen molar-refractivity contribution < 1.29 is 22.7 Å². The number of sulfonamides is 1. The Bertz CT molecular complexity index is 1110. The average Bonchev–Trinajstić information content (AvgIpc) is 2.89. The fourth-order valence-corrected chi connectivity index (χ4v) is 5.48. The van der Waals surface area contributed by atoms with Crippen molar-refractivity contribution in [3.05, 3.63) is 65.7 Å². The van der Waals surface area contributed by atoms with Crippen LogP contribution in [0.4, 0.5) is 5.69 Å². The highest BCUT2D eigenvalue weighted by molar-refractivity contribution is 7.89. The molecular weight excluding hydrogens is 454 g/mol. The molecule has 0 atom stereocenters. The van der Waals surface area contributed by atoms with Crippen molar-refractivity contribution in [1.82, 2.24) is 9.21 Å². The van der Waals surface area contributed by atoms with E-state index in [2.05, 4.69) is 11.0 Å². The van der Waals surface area contributed by atoms with Crippen LogP contribution in [0.25, 0.3) is 6.08 Å². The van der Waals surface area contributed by atoms with Crippen molar-refractivity contribution in [3.8, 4) is 0 Å². The first-order valence-corrected chi connectivity index (χ1v) is 12.9. The van der Waals surface area contributed by atoms with Gasteiger partial charge in [-0.05, 0) is 35.4 Å². The van der Waals surface area contributed by atoms with Crippen LogP contribution >= 0.6 is 0 Å². The van der Waals surface area contributed by atoms with Gasteiger partial charge in [-0.15, -0.1) is 0 Å². The molecule has 2 fully saturated rings. The monoisotopic (exact) mass is 485 g/mol. The second-order valence-electron chi connectivity index (χ2n) is 8.34. The fraction of sp³-hybridized carbons (Fsp3) is 0.400. The Balaban J connectivity index is 1.38. The lowest BCUT2D eigenvalue weighted by atomic mass is 10.1. The minimum Gasteiger partial charge on any atom is -0.379 e. The highest BCUT2D eigenvalue weighted by Crippen LogP contribution is 2.23. The normalized spacial score (nSPS) is 17.7. The largest absolute Gasteiger partial charge is 0.379 e. The molecule has 1 amide bonds. The summed E-state index contributed by atoms with van der Waals surface area (Å²) < 4.78 is 37.6. The maximum Gasteiger partial charge on any atom is 0.246 e. The van der Waals surface area contributed by atoms with Gasteiger partial charge < -0.3 is 19.3 Å². The molecule has 34 heavy (non-hydrogen) atoms. The van der Waals surface area contributed by atoms with Crippen LogP contribution in [-0.2, 0) is 30.8 Å². The molecular formula is C25H31N3O5S. The average molecular weight is 486 g/mol. The molecule has 0 aromatic heterocycles. The summed E-state index contributed by atoms with van der Waals surface area (Å²) in [6, 6.07) is 14.7. The molecule has 0 bridgehead atoms. The molecule has 2 aliphatic heterocycles. The molecule has 2 aliphatic rings.